The van der Waals surface area contributed by atoms with Crippen molar-refractivity contribution in [2.75, 3.05) is 17.7 Å². The first-order chi connectivity index (χ1) is 8.70. The molecule has 0 radical (unpaired) electrons. The summed E-state index contributed by atoms with van der Waals surface area (Å²) in [5.41, 5.74) is 7.15. The molecule has 0 aliphatic heterocycles. The highest BCUT2D eigenvalue weighted by atomic mass is 16.5. The molecule has 18 heavy (non-hydrogen) atoms. The molecular formula is C11H16N6O. The predicted octanol–water partition coefficient (Wildman–Crippen LogP) is 1.32. The second kappa shape index (κ2) is 5.35. The summed E-state index contributed by atoms with van der Waals surface area (Å²) in [7, 11) is 1.84. The van der Waals surface area contributed by atoms with E-state index in [9.17, 15) is 0 Å². The Morgan fingerprint density at radius 1 is 1.44 bits per heavy atom. The first-order valence-corrected chi connectivity index (χ1v) is 5.69. The highest BCUT2D eigenvalue weighted by molar-refractivity contribution is 5.71. The number of hydrogen-bond donors (Lipinski definition) is 2. The van der Waals surface area contributed by atoms with E-state index >= 15 is 0 Å². The van der Waals surface area contributed by atoms with E-state index in [0.29, 0.717) is 24.0 Å². The summed E-state index contributed by atoms with van der Waals surface area (Å²) in [5, 5.41) is 7.12. The molecular weight excluding hydrogens is 232 g/mol. The van der Waals surface area contributed by atoms with E-state index in [1.54, 1.807) is 10.9 Å². The van der Waals surface area contributed by atoms with Crippen molar-refractivity contribution in [1.82, 2.24) is 19.7 Å². The van der Waals surface area contributed by atoms with Gasteiger partial charge in [0.15, 0.2) is 5.82 Å². The first-order valence-electron chi connectivity index (χ1n) is 5.69. The maximum Gasteiger partial charge on any atom is 0.242 e. The van der Waals surface area contributed by atoms with Crippen LogP contribution in [0.4, 0.5) is 17.2 Å². The highest BCUT2D eigenvalue weighted by Crippen LogP contribution is 2.27. The minimum absolute atomic E-state index is 0.398. The van der Waals surface area contributed by atoms with Crippen molar-refractivity contribution in [2.24, 2.45) is 7.05 Å². The van der Waals surface area contributed by atoms with Gasteiger partial charge >= 0.3 is 0 Å². The van der Waals surface area contributed by atoms with Gasteiger partial charge in [0.2, 0.25) is 5.88 Å². The molecule has 2 aromatic rings. The number of nitrogens with two attached hydrogens (primary N) is 1. The average molecular weight is 248 g/mol. The van der Waals surface area contributed by atoms with Gasteiger partial charge in [0, 0.05) is 13.2 Å². The number of nitrogens with zero attached hydrogens (tertiary/aromatic N) is 4. The SMILES string of the molecule is CCCOc1ncnc(Nc2cnn(C)c2)c1N. The zero-order valence-corrected chi connectivity index (χ0v) is 10.4. The van der Waals surface area contributed by atoms with Crippen LogP contribution in [0.15, 0.2) is 18.7 Å². The summed E-state index contributed by atoms with van der Waals surface area (Å²) in [6, 6.07) is 0. The molecule has 0 amide bonds. The molecule has 0 aromatic carbocycles. The van der Waals surface area contributed by atoms with E-state index in [-0.39, 0.29) is 0 Å². The topological polar surface area (TPSA) is 90.9 Å². The van der Waals surface area contributed by atoms with Crippen LogP contribution in [0, 0.1) is 0 Å². The normalized spacial score (nSPS) is 10.3. The predicted molar refractivity (Wildman–Crippen MR) is 68.7 cm³/mol. The first kappa shape index (κ1) is 12.2. The number of aromatic nitrogens is 4. The zero-order valence-electron chi connectivity index (χ0n) is 10.4. The second-order valence-electron chi connectivity index (χ2n) is 3.82. The van der Waals surface area contributed by atoms with E-state index in [1.165, 1.54) is 6.33 Å². The number of anilines is 3. The summed E-state index contributed by atoms with van der Waals surface area (Å²) in [6.07, 6.45) is 5.83. The lowest BCUT2D eigenvalue weighted by Crippen LogP contribution is -2.05. The van der Waals surface area contributed by atoms with Crippen molar-refractivity contribution in [2.45, 2.75) is 13.3 Å². The molecule has 0 atom stereocenters. The summed E-state index contributed by atoms with van der Waals surface area (Å²) in [4.78, 5) is 8.09. The number of aryl methyl sites for hydroxylation is 1. The molecule has 0 aliphatic carbocycles. The Morgan fingerprint density at radius 2 is 2.28 bits per heavy atom. The largest absolute Gasteiger partial charge is 0.476 e. The fourth-order valence-electron chi connectivity index (χ4n) is 1.42. The summed E-state index contributed by atoms with van der Waals surface area (Å²) in [5.74, 6) is 0.919. The minimum Gasteiger partial charge on any atom is -0.476 e. The Labute approximate surface area is 105 Å². The number of rotatable bonds is 5. The number of nitrogen functional groups attached to an aromatic ring is 1. The maximum atomic E-state index is 5.94. The molecule has 0 unspecified atom stereocenters. The molecule has 2 aromatic heterocycles. The van der Waals surface area contributed by atoms with Crippen LogP contribution in [-0.2, 0) is 7.05 Å². The van der Waals surface area contributed by atoms with Crippen LogP contribution in [0.3, 0.4) is 0 Å². The van der Waals surface area contributed by atoms with Crippen LogP contribution in [0.25, 0.3) is 0 Å². The molecule has 96 valence electrons. The molecule has 0 spiro atoms. The third-order valence-electron chi connectivity index (χ3n) is 2.26. The van der Waals surface area contributed by atoms with Crippen LogP contribution in [0.5, 0.6) is 5.88 Å². The van der Waals surface area contributed by atoms with Crippen LogP contribution in [-0.4, -0.2) is 26.4 Å². The minimum atomic E-state index is 0.398. The van der Waals surface area contributed by atoms with E-state index < -0.39 is 0 Å². The van der Waals surface area contributed by atoms with Crippen molar-refractivity contribution in [1.29, 1.82) is 0 Å². The number of nitrogens with one attached hydrogen (secondary N) is 1. The molecule has 0 saturated heterocycles. The highest BCUT2D eigenvalue weighted by Gasteiger charge is 2.09. The van der Waals surface area contributed by atoms with Crippen LogP contribution < -0.4 is 15.8 Å². The fraction of sp³-hybridized carbons (Fsp3) is 0.364. The average Bonchev–Trinajstić information content (AvgIpc) is 2.76. The Hall–Kier alpha value is -2.31. The van der Waals surface area contributed by atoms with Gasteiger partial charge < -0.3 is 15.8 Å². The lowest BCUT2D eigenvalue weighted by Gasteiger charge is -2.10. The Bertz CT molecular complexity index is 524. The summed E-state index contributed by atoms with van der Waals surface area (Å²) >= 11 is 0. The smallest absolute Gasteiger partial charge is 0.242 e. The molecule has 2 heterocycles. The zero-order chi connectivity index (χ0) is 13.0. The summed E-state index contributed by atoms with van der Waals surface area (Å²) in [6.45, 7) is 2.60. The van der Waals surface area contributed by atoms with Crippen molar-refractivity contribution >= 4 is 17.2 Å². The van der Waals surface area contributed by atoms with Gasteiger partial charge in [0.05, 0.1) is 18.5 Å². The van der Waals surface area contributed by atoms with E-state index in [2.05, 4.69) is 20.4 Å². The number of hydrogen-bond acceptors (Lipinski definition) is 6. The molecule has 3 N–H and O–H groups in total. The lowest BCUT2D eigenvalue weighted by molar-refractivity contribution is 0.307. The third kappa shape index (κ3) is 2.68. The monoisotopic (exact) mass is 248 g/mol. The van der Waals surface area contributed by atoms with Gasteiger partial charge in [-0.15, -0.1) is 0 Å². The van der Waals surface area contributed by atoms with Gasteiger partial charge in [-0.3, -0.25) is 4.68 Å². The van der Waals surface area contributed by atoms with Crippen molar-refractivity contribution in [3.05, 3.63) is 18.7 Å². The van der Waals surface area contributed by atoms with Crippen molar-refractivity contribution < 1.29 is 4.74 Å². The molecule has 7 heteroatoms. The van der Waals surface area contributed by atoms with Crippen molar-refractivity contribution in [3.8, 4) is 5.88 Å². The van der Waals surface area contributed by atoms with Crippen molar-refractivity contribution in [3.63, 3.8) is 0 Å². The van der Waals surface area contributed by atoms with Gasteiger partial charge in [-0.1, -0.05) is 6.92 Å². The van der Waals surface area contributed by atoms with E-state index in [1.807, 2.05) is 20.2 Å². The van der Waals surface area contributed by atoms with Crippen LogP contribution >= 0.6 is 0 Å². The molecule has 0 fully saturated rings. The van der Waals surface area contributed by atoms with E-state index in [0.717, 1.165) is 12.1 Å². The summed E-state index contributed by atoms with van der Waals surface area (Å²) < 4.78 is 7.12. The molecule has 0 saturated carbocycles. The van der Waals surface area contributed by atoms with Gasteiger partial charge in [-0.2, -0.15) is 10.1 Å². The van der Waals surface area contributed by atoms with Crippen LogP contribution in [0.2, 0.25) is 0 Å². The van der Waals surface area contributed by atoms with Crippen LogP contribution in [0.1, 0.15) is 13.3 Å². The standard InChI is InChI=1S/C11H16N6O/c1-3-4-18-11-9(12)10(13-7-14-11)16-8-5-15-17(2)6-8/h5-7H,3-4,12H2,1-2H3,(H,13,14,16). The maximum absolute atomic E-state index is 5.94. The number of ether oxygens (including phenoxy) is 1. The molecule has 0 aliphatic rings. The van der Waals surface area contributed by atoms with E-state index in [4.69, 9.17) is 10.5 Å². The Balaban J connectivity index is 2.17. The van der Waals surface area contributed by atoms with Gasteiger partial charge in [-0.05, 0) is 6.42 Å². The molecule has 7 nitrogen and oxygen atoms in total. The third-order valence-corrected chi connectivity index (χ3v) is 2.26. The fourth-order valence-corrected chi connectivity index (χ4v) is 1.42. The lowest BCUT2D eigenvalue weighted by atomic mass is 10.4. The van der Waals surface area contributed by atoms with Gasteiger partial charge in [0.25, 0.3) is 0 Å². The quantitative estimate of drug-likeness (QED) is 0.829. The molecule has 0 bridgehead atoms. The Morgan fingerprint density at radius 3 is 2.94 bits per heavy atom. The molecule has 2 rings (SSSR count). The Kier molecular flexibility index (Phi) is 3.61. The van der Waals surface area contributed by atoms with Gasteiger partial charge in [-0.25, -0.2) is 4.98 Å². The van der Waals surface area contributed by atoms with Gasteiger partial charge in [0.1, 0.15) is 12.0 Å². The second-order valence-corrected chi connectivity index (χ2v) is 3.82.